The van der Waals surface area contributed by atoms with Crippen LogP contribution in [0.4, 0.5) is 0 Å². The monoisotopic (exact) mass is 239 g/mol. The van der Waals surface area contributed by atoms with Crippen molar-refractivity contribution in [1.82, 2.24) is 9.78 Å². The Bertz CT molecular complexity index is 447. The summed E-state index contributed by atoms with van der Waals surface area (Å²) in [6, 6.07) is 3.97. The second kappa shape index (κ2) is 3.12. The first-order valence-corrected chi connectivity index (χ1v) is 4.82. The van der Waals surface area contributed by atoms with E-state index >= 15 is 0 Å². The molecular weight excluding hydrogens is 230 g/mol. The fourth-order valence-electron chi connectivity index (χ4n) is 1.45. The van der Waals surface area contributed by atoms with Crippen LogP contribution in [0.15, 0.2) is 22.8 Å². The average molecular weight is 240 g/mol. The lowest BCUT2D eigenvalue weighted by atomic mass is 10.1. The molecule has 0 aliphatic rings. The average Bonchev–Trinajstić information content (AvgIpc) is 2.45. The predicted octanol–water partition coefficient (Wildman–Crippen LogP) is 1.79. The van der Waals surface area contributed by atoms with Crippen molar-refractivity contribution in [2.24, 2.45) is 12.8 Å². The van der Waals surface area contributed by atoms with Crippen LogP contribution in [0.5, 0.6) is 0 Å². The molecule has 0 radical (unpaired) electrons. The Balaban J connectivity index is 2.82. The van der Waals surface area contributed by atoms with Crippen LogP contribution in [0.25, 0.3) is 10.9 Å². The van der Waals surface area contributed by atoms with Crippen molar-refractivity contribution in [2.45, 2.75) is 6.54 Å². The SMILES string of the molecule is Cn1cc2c(CN)c(Br)ccc2n1. The zero-order valence-electron chi connectivity index (χ0n) is 7.29. The second-order valence-corrected chi connectivity index (χ2v) is 3.82. The molecule has 2 rings (SSSR count). The third-order valence-electron chi connectivity index (χ3n) is 2.06. The zero-order chi connectivity index (χ0) is 9.42. The molecule has 0 aliphatic carbocycles. The molecule has 0 atom stereocenters. The Morgan fingerprint density at radius 2 is 2.31 bits per heavy atom. The third kappa shape index (κ3) is 1.36. The molecule has 0 amide bonds. The number of aryl methyl sites for hydroxylation is 1. The molecule has 0 unspecified atom stereocenters. The van der Waals surface area contributed by atoms with Gasteiger partial charge in [-0.3, -0.25) is 4.68 Å². The van der Waals surface area contributed by atoms with Gasteiger partial charge in [0.2, 0.25) is 0 Å². The number of nitrogens with zero attached hydrogens (tertiary/aromatic N) is 2. The second-order valence-electron chi connectivity index (χ2n) is 2.97. The minimum Gasteiger partial charge on any atom is -0.326 e. The van der Waals surface area contributed by atoms with Gasteiger partial charge in [-0.25, -0.2) is 0 Å². The molecule has 1 aromatic heterocycles. The molecule has 68 valence electrons. The smallest absolute Gasteiger partial charge is 0.0927 e. The molecule has 13 heavy (non-hydrogen) atoms. The summed E-state index contributed by atoms with van der Waals surface area (Å²) in [5.41, 5.74) is 7.77. The Morgan fingerprint density at radius 1 is 1.54 bits per heavy atom. The normalized spacial score (nSPS) is 11.0. The van der Waals surface area contributed by atoms with Crippen molar-refractivity contribution in [3.63, 3.8) is 0 Å². The lowest BCUT2D eigenvalue weighted by molar-refractivity contribution is 0.779. The Morgan fingerprint density at radius 3 is 3.00 bits per heavy atom. The van der Waals surface area contributed by atoms with Crippen LogP contribution >= 0.6 is 15.9 Å². The van der Waals surface area contributed by atoms with Crippen molar-refractivity contribution in [2.75, 3.05) is 0 Å². The van der Waals surface area contributed by atoms with E-state index in [-0.39, 0.29) is 0 Å². The molecule has 0 saturated carbocycles. The van der Waals surface area contributed by atoms with Gasteiger partial charge in [0.1, 0.15) is 0 Å². The van der Waals surface area contributed by atoms with Crippen LogP contribution in [0.3, 0.4) is 0 Å². The highest BCUT2D eigenvalue weighted by Crippen LogP contribution is 2.24. The maximum atomic E-state index is 5.66. The lowest BCUT2D eigenvalue weighted by Gasteiger charge is -2.00. The van der Waals surface area contributed by atoms with Gasteiger partial charge in [-0.2, -0.15) is 5.10 Å². The predicted molar refractivity (Wildman–Crippen MR) is 56.3 cm³/mol. The molecule has 4 heteroatoms. The largest absolute Gasteiger partial charge is 0.326 e. The van der Waals surface area contributed by atoms with E-state index in [1.807, 2.05) is 25.4 Å². The van der Waals surface area contributed by atoms with Crippen molar-refractivity contribution in [3.8, 4) is 0 Å². The summed E-state index contributed by atoms with van der Waals surface area (Å²) in [4.78, 5) is 0. The van der Waals surface area contributed by atoms with Crippen molar-refractivity contribution < 1.29 is 0 Å². The molecule has 1 aromatic carbocycles. The van der Waals surface area contributed by atoms with Gasteiger partial charge < -0.3 is 5.73 Å². The van der Waals surface area contributed by atoms with E-state index in [0.717, 1.165) is 20.9 Å². The molecule has 1 heterocycles. The maximum Gasteiger partial charge on any atom is 0.0927 e. The summed E-state index contributed by atoms with van der Waals surface area (Å²) in [5, 5.41) is 5.43. The van der Waals surface area contributed by atoms with Crippen molar-refractivity contribution in [1.29, 1.82) is 0 Å². The first kappa shape index (κ1) is 8.72. The summed E-state index contributed by atoms with van der Waals surface area (Å²) in [5.74, 6) is 0. The Hall–Kier alpha value is -0.870. The van der Waals surface area contributed by atoms with E-state index < -0.39 is 0 Å². The van der Waals surface area contributed by atoms with Crippen LogP contribution in [-0.4, -0.2) is 9.78 Å². The van der Waals surface area contributed by atoms with Crippen LogP contribution in [0.1, 0.15) is 5.56 Å². The molecule has 3 nitrogen and oxygen atoms in total. The number of hydrogen-bond donors (Lipinski definition) is 1. The minimum atomic E-state index is 0.531. The van der Waals surface area contributed by atoms with Crippen LogP contribution < -0.4 is 5.73 Å². The van der Waals surface area contributed by atoms with Gasteiger partial charge in [0.15, 0.2) is 0 Å². The van der Waals surface area contributed by atoms with Gasteiger partial charge in [-0.15, -0.1) is 0 Å². The quantitative estimate of drug-likeness (QED) is 0.825. The molecule has 0 spiro atoms. The number of aromatic nitrogens is 2. The van der Waals surface area contributed by atoms with Gasteiger partial charge in [0, 0.05) is 29.6 Å². The topological polar surface area (TPSA) is 43.8 Å². The van der Waals surface area contributed by atoms with E-state index in [1.165, 1.54) is 0 Å². The summed E-state index contributed by atoms with van der Waals surface area (Å²) < 4.78 is 2.85. The molecule has 2 N–H and O–H groups in total. The van der Waals surface area contributed by atoms with E-state index in [1.54, 1.807) is 4.68 Å². The Labute approximate surface area is 84.7 Å². The van der Waals surface area contributed by atoms with Crippen molar-refractivity contribution >= 4 is 26.8 Å². The summed E-state index contributed by atoms with van der Waals surface area (Å²) in [6.07, 6.45) is 1.99. The molecular formula is C9H10BrN3. The van der Waals surface area contributed by atoms with Gasteiger partial charge in [-0.1, -0.05) is 15.9 Å². The highest BCUT2D eigenvalue weighted by atomic mass is 79.9. The number of benzene rings is 1. The van der Waals surface area contributed by atoms with E-state index in [0.29, 0.717) is 6.54 Å². The first-order valence-electron chi connectivity index (χ1n) is 4.03. The number of halogens is 1. The van der Waals surface area contributed by atoms with E-state index in [2.05, 4.69) is 21.0 Å². The summed E-state index contributed by atoms with van der Waals surface area (Å²) >= 11 is 3.47. The van der Waals surface area contributed by atoms with Gasteiger partial charge >= 0.3 is 0 Å². The highest BCUT2D eigenvalue weighted by Gasteiger charge is 2.06. The number of fused-ring (bicyclic) bond motifs is 1. The zero-order valence-corrected chi connectivity index (χ0v) is 8.87. The van der Waals surface area contributed by atoms with Crippen LogP contribution in [0, 0.1) is 0 Å². The Kier molecular flexibility index (Phi) is 2.09. The standard InChI is InChI=1S/C9H10BrN3/c1-13-5-7-6(4-11)8(10)2-3-9(7)12-13/h2-3,5H,4,11H2,1H3. The minimum absolute atomic E-state index is 0.531. The maximum absolute atomic E-state index is 5.66. The molecule has 2 aromatic rings. The molecule has 0 fully saturated rings. The number of rotatable bonds is 1. The fraction of sp³-hybridized carbons (Fsp3) is 0.222. The third-order valence-corrected chi connectivity index (χ3v) is 2.81. The molecule has 0 aliphatic heterocycles. The van der Waals surface area contributed by atoms with Gasteiger partial charge in [-0.05, 0) is 17.7 Å². The van der Waals surface area contributed by atoms with E-state index in [4.69, 9.17) is 5.73 Å². The van der Waals surface area contributed by atoms with Crippen LogP contribution in [0.2, 0.25) is 0 Å². The van der Waals surface area contributed by atoms with Gasteiger partial charge in [0.25, 0.3) is 0 Å². The molecule has 0 bridgehead atoms. The molecule has 0 saturated heterocycles. The number of hydrogen-bond acceptors (Lipinski definition) is 2. The summed E-state index contributed by atoms with van der Waals surface area (Å²) in [7, 11) is 1.91. The summed E-state index contributed by atoms with van der Waals surface area (Å²) in [6.45, 7) is 0.531. The van der Waals surface area contributed by atoms with Crippen molar-refractivity contribution in [3.05, 3.63) is 28.4 Å². The highest BCUT2D eigenvalue weighted by molar-refractivity contribution is 9.10. The van der Waals surface area contributed by atoms with Gasteiger partial charge in [0.05, 0.1) is 5.52 Å². The van der Waals surface area contributed by atoms with E-state index in [9.17, 15) is 0 Å². The van der Waals surface area contributed by atoms with Crippen LogP contribution in [-0.2, 0) is 13.6 Å². The number of nitrogens with two attached hydrogens (primary N) is 1. The lowest BCUT2D eigenvalue weighted by Crippen LogP contribution is -1.97. The fourth-order valence-corrected chi connectivity index (χ4v) is 1.96. The first-order chi connectivity index (χ1) is 6.22.